The molecule has 0 saturated carbocycles. The Morgan fingerprint density at radius 2 is 1.95 bits per heavy atom. The van der Waals surface area contributed by atoms with Gasteiger partial charge in [-0.1, -0.05) is 6.07 Å². The molecule has 0 aliphatic carbocycles. The molecule has 110 valence electrons. The van der Waals surface area contributed by atoms with Crippen molar-refractivity contribution in [2.75, 3.05) is 25.5 Å². The lowest BCUT2D eigenvalue weighted by atomic mass is 10.2. The van der Waals surface area contributed by atoms with E-state index in [2.05, 4.69) is 15.4 Å². The lowest BCUT2D eigenvalue weighted by molar-refractivity contribution is -0.123. The van der Waals surface area contributed by atoms with E-state index in [1.54, 1.807) is 18.2 Å². The van der Waals surface area contributed by atoms with Gasteiger partial charge in [-0.3, -0.25) is 9.59 Å². The minimum absolute atomic E-state index is 0. The third-order valence-corrected chi connectivity index (χ3v) is 2.20. The van der Waals surface area contributed by atoms with E-state index in [1.807, 2.05) is 0 Å². The molecule has 20 heavy (non-hydrogen) atoms. The van der Waals surface area contributed by atoms with E-state index in [-0.39, 0.29) is 25.5 Å². The zero-order chi connectivity index (χ0) is 14.3. The summed E-state index contributed by atoms with van der Waals surface area (Å²) in [6, 6.07) is 6.28. The van der Waals surface area contributed by atoms with Crippen LogP contribution in [-0.2, 0) is 14.3 Å². The highest BCUT2D eigenvalue weighted by molar-refractivity contribution is 5.96. The number of halogens is 1. The summed E-state index contributed by atoms with van der Waals surface area (Å²) in [5, 5.41) is 4.87. The molecule has 0 saturated heterocycles. The molecule has 0 aliphatic heterocycles. The Morgan fingerprint density at radius 1 is 1.25 bits per heavy atom. The van der Waals surface area contributed by atoms with Gasteiger partial charge in [-0.15, -0.1) is 12.4 Å². The molecule has 0 spiro atoms. The maximum Gasteiger partial charge on any atom is 0.337 e. The van der Waals surface area contributed by atoms with Crippen LogP contribution in [0, 0.1) is 0 Å². The summed E-state index contributed by atoms with van der Waals surface area (Å²) in [4.78, 5) is 33.7. The number of amides is 2. The minimum atomic E-state index is -0.493. The summed E-state index contributed by atoms with van der Waals surface area (Å²) >= 11 is 0. The summed E-state index contributed by atoms with van der Waals surface area (Å²) in [7, 11) is 1.27. The van der Waals surface area contributed by atoms with Crippen LogP contribution in [0.1, 0.15) is 10.4 Å². The van der Waals surface area contributed by atoms with Crippen molar-refractivity contribution >= 4 is 35.9 Å². The van der Waals surface area contributed by atoms with Crippen molar-refractivity contribution in [1.29, 1.82) is 0 Å². The van der Waals surface area contributed by atoms with Crippen LogP contribution in [0.25, 0.3) is 0 Å². The van der Waals surface area contributed by atoms with Gasteiger partial charge in [0, 0.05) is 5.69 Å². The smallest absolute Gasteiger partial charge is 0.337 e. The van der Waals surface area contributed by atoms with Crippen LogP contribution in [0.2, 0.25) is 0 Å². The average Bonchev–Trinajstić information content (AvgIpc) is 2.44. The fourth-order valence-electron chi connectivity index (χ4n) is 1.30. The van der Waals surface area contributed by atoms with Gasteiger partial charge in [-0.05, 0) is 18.2 Å². The second-order valence-electron chi connectivity index (χ2n) is 3.60. The van der Waals surface area contributed by atoms with E-state index in [0.717, 1.165) is 0 Å². The summed E-state index contributed by atoms with van der Waals surface area (Å²) in [6.07, 6.45) is 0. The van der Waals surface area contributed by atoms with Crippen LogP contribution in [-0.4, -0.2) is 38.0 Å². The number of anilines is 1. The number of nitrogens with two attached hydrogens (primary N) is 1. The van der Waals surface area contributed by atoms with Crippen molar-refractivity contribution in [3.05, 3.63) is 29.8 Å². The van der Waals surface area contributed by atoms with E-state index < -0.39 is 17.8 Å². The maximum atomic E-state index is 11.5. The second kappa shape index (κ2) is 8.89. The van der Waals surface area contributed by atoms with Crippen LogP contribution in [0.3, 0.4) is 0 Å². The Labute approximate surface area is 122 Å². The number of nitrogens with one attached hydrogen (secondary N) is 2. The number of benzene rings is 1. The van der Waals surface area contributed by atoms with Crippen molar-refractivity contribution in [3.8, 4) is 0 Å². The largest absolute Gasteiger partial charge is 0.465 e. The molecule has 7 nitrogen and oxygen atoms in total. The molecule has 2 amide bonds. The molecule has 0 atom stereocenters. The first kappa shape index (κ1) is 17.9. The van der Waals surface area contributed by atoms with Crippen LogP contribution >= 0.6 is 12.4 Å². The summed E-state index contributed by atoms with van der Waals surface area (Å²) < 4.78 is 4.57. The van der Waals surface area contributed by atoms with Gasteiger partial charge >= 0.3 is 5.97 Å². The van der Waals surface area contributed by atoms with Crippen molar-refractivity contribution < 1.29 is 19.1 Å². The van der Waals surface area contributed by atoms with Gasteiger partial charge in [-0.2, -0.15) is 0 Å². The maximum absolute atomic E-state index is 11.5. The van der Waals surface area contributed by atoms with Gasteiger partial charge in [0.05, 0.1) is 25.8 Å². The standard InChI is InChI=1S/C12H15N3O4.ClH/c1-19-12(18)8-3-2-4-9(5-8)15-11(17)7-14-10(16)6-13;/h2-5H,6-7,13H2,1H3,(H,14,16)(H,15,17);1H. The molecule has 1 aromatic carbocycles. The molecule has 8 heteroatoms. The first-order valence-electron chi connectivity index (χ1n) is 5.52. The van der Waals surface area contributed by atoms with Gasteiger partial charge in [0.1, 0.15) is 0 Å². The van der Waals surface area contributed by atoms with Gasteiger partial charge in [-0.25, -0.2) is 4.79 Å². The molecule has 0 unspecified atom stereocenters. The molecule has 4 N–H and O–H groups in total. The van der Waals surface area contributed by atoms with E-state index in [0.29, 0.717) is 11.3 Å². The lowest BCUT2D eigenvalue weighted by Crippen LogP contribution is -2.36. The molecule has 0 aliphatic rings. The SMILES string of the molecule is COC(=O)c1cccc(NC(=O)CNC(=O)CN)c1.Cl. The number of carbonyl (C=O) groups is 3. The molecule has 1 aromatic rings. The number of hydrogen-bond acceptors (Lipinski definition) is 5. The quantitative estimate of drug-likeness (QED) is 0.658. The zero-order valence-electron chi connectivity index (χ0n) is 10.8. The normalized spacial score (nSPS) is 9.10. The summed E-state index contributed by atoms with van der Waals surface area (Å²) in [5.74, 6) is -1.32. The van der Waals surface area contributed by atoms with Gasteiger partial charge < -0.3 is 21.1 Å². The highest BCUT2D eigenvalue weighted by atomic mass is 35.5. The molecule has 1 rings (SSSR count). The first-order valence-corrected chi connectivity index (χ1v) is 5.52. The molecular weight excluding hydrogens is 286 g/mol. The number of rotatable bonds is 5. The predicted octanol–water partition coefficient (Wildman–Crippen LogP) is -0.0916. The number of ether oxygens (including phenoxy) is 1. The average molecular weight is 302 g/mol. The minimum Gasteiger partial charge on any atom is -0.465 e. The van der Waals surface area contributed by atoms with Gasteiger partial charge in [0.15, 0.2) is 0 Å². The number of esters is 1. The van der Waals surface area contributed by atoms with E-state index in [4.69, 9.17) is 5.73 Å². The van der Waals surface area contributed by atoms with Crippen LogP contribution in [0.5, 0.6) is 0 Å². The van der Waals surface area contributed by atoms with Crippen LogP contribution in [0.4, 0.5) is 5.69 Å². The molecule has 0 fully saturated rings. The number of hydrogen-bond donors (Lipinski definition) is 3. The van der Waals surface area contributed by atoms with Crippen molar-refractivity contribution in [2.24, 2.45) is 5.73 Å². The number of methoxy groups -OCH3 is 1. The third-order valence-electron chi connectivity index (χ3n) is 2.20. The Bertz CT molecular complexity index is 493. The lowest BCUT2D eigenvalue weighted by Gasteiger charge is -2.07. The molecule has 0 aromatic heterocycles. The Balaban J connectivity index is 0.00000361. The van der Waals surface area contributed by atoms with Gasteiger partial charge in [0.25, 0.3) is 0 Å². The summed E-state index contributed by atoms with van der Waals surface area (Å²) in [5.41, 5.74) is 5.85. The van der Waals surface area contributed by atoms with E-state index in [9.17, 15) is 14.4 Å². The topological polar surface area (TPSA) is 111 Å². The Hall–Kier alpha value is -2.12. The fourth-order valence-corrected chi connectivity index (χ4v) is 1.30. The van der Waals surface area contributed by atoms with Crippen molar-refractivity contribution in [2.45, 2.75) is 0 Å². The van der Waals surface area contributed by atoms with Gasteiger partial charge in [0.2, 0.25) is 11.8 Å². The number of carbonyl (C=O) groups excluding carboxylic acids is 3. The van der Waals surface area contributed by atoms with E-state index in [1.165, 1.54) is 13.2 Å². The second-order valence-corrected chi connectivity index (χ2v) is 3.60. The molecule has 0 bridgehead atoms. The highest BCUT2D eigenvalue weighted by Gasteiger charge is 2.08. The molecule has 0 radical (unpaired) electrons. The monoisotopic (exact) mass is 301 g/mol. The van der Waals surface area contributed by atoms with Crippen molar-refractivity contribution in [1.82, 2.24) is 5.32 Å². The van der Waals surface area contributed by atoms with Crippen molar-refractivity contribution in [3.63, 3.8) is 0 Å². The fraction of sp³-hybridized carbons (Fsp3) is 0.250. The molecular formula is C12H16ClN3O4. The zero-order valence-corrected chi connectivity index (χ0v) is 11.7. The highest BCUT2D eigenvalue weighted by Crippen LogP contribution is 2.11. The third kappa shape index (κ3) is 5.68. The Morgan fingerprint density at radius 3 is 2.55 bits per heavy atom. The van der Waals surface area contributed by atoms with Crippen LogP contribution < -0.4 is 16.4 Å². The predicted molar refractivity (Wildman–Crippen MR) is 75.7 cm³/mol. The first-order chi connectivity index (χ1) is 9.06. The molecule has 0 heterocycles. The van der Waals surface area contributed by atoms with Crippen LogP contribution in [0.15, 0.2) is 24.3 Å². The van der Waals surface area contributed by atoms with E-state index >= 15 is 0 Å². The Kier molecular flexibility index (Phi) is 7.95. The summed E-state index contributed by atoms with van der Waals surface area (Å²) in [6.45, 7) is -0.358.